The second kappa shape index (κ2) is 6.64. The van der Waals surface area contributed by atoms with E-state index in [4.69, 9.17) is 4.74 Å². The van der Waals surface area contributed by atoms with Crippen LogP contribution in [0, 0.1) is 17.1 Å². The van der Waals surface area contributed by atoms with E-state index in [2.05, 4.69) is 33.6 Å². The average molecular weight is 371 g/mol. The molecule has 1 atom stereocenters. The summed E-state index contributed by atoms with van der Waals surface area (Å²) in [5.41, 5.74) is 0.697. The molecule has 0 fully saturated rings. The van der Waals surface area contributed by atoms with Crippen LogP contribution >= 0.6 is 27.5 Å². The highest BCUT2D eigenvalue weighted by atomic mass is 79.9. The number of hydrogen-bond acceptors (Lipinski definition) is 2. The van der Waals surface area contributed by atoms with Gasteiger partial charge >= 0.3 is 0 Å². The molecule has 0 bridgehead atoms. The smallest absolute Gasteiger partial charge is 0.223 e. The van der Waals surface area contributed by atoms with Crippen LogP contribution in [0.25, 0.3) is 0 Å². The largest absolute Gasteiger partial charge is 0.467 e. The molecule has 0 saturated heterocycles. The van der Waals surface area contributed by atoms with Gasteiger partial charge in [-0.2, -0.15) is 5.26 Å². The van der Waals surface area contributed by atoms with Gasteiger partial charge in [-0.05, 0) is 18.9 Å². The fraction of sp³-hybridized carbons (Fsp3) is 0.312. The fourth-order valence-corrected chi connectivity index (χ4v) is 3.07. The van der Waals surface area contributed by atoms with Crippen LogP contribution in [0.2, 0.25) is 0 Å². The summed E-state index contributed by atoms with van der Waals surface area (Å²) >= 11 is 7.97. The number of alkyl halides is 1. The van der Waals surface area contributed by atoms with Crippen LogP contribution in [-0.2, 0) is 6.42 Å². The van der Waals surface area contributed by atoms with Crippen LogP contribution in [0.3, 0.4) is 0 Å². The van der Waals surface area contributed by atoms with E-state index in [-0.39, 0.29) is 5.82 Å². The zero-order chi connectivity index (χ0) is 15.5. The summed E-state index contributed by atoms with van der Waals surface area (Å²) in [5, 5.41) is 9.54. The van der Waals surface area contributed by atoms with Crippen molar-refractivity contribution in [3.63, 3.8) is 0 Å². The molecule has 0 N–H and O–H groups in total. The number of nitriles is 1. The molecule has 1 heterocycles. The van der Waals surface area contributed by atoms with Crippen molar-refractivity contribution < 1.29 is 9.13 Å². The van der Waals surface area contributed by atoms with E-state index in [1.54, 1.807) is 0 Å². The molecule has 1 aromatic rings. The van der Waals surface area contributed by atoms with E-state index in [1.165, 1.54) is 18.5 Å². The lowest BCUT2D eigenvalue weighted by Crippen LogP contribution is -2.34. The molecule has 1 unspecified atom stereocenters. The number of halogens is 3. The molecule has 3 rings (SSSR count). The van der Waals surface area contributed by atoms with Gasteiger partial charge in [-0.15, -0.1) is 11.6 Å². The Labute approximate surface area is 137 Å². The molecule has 1 aliphatic heterocycles. The van der Waals surface area contributed by atoms with Gasteiger partial charge in [-0.25, -0.2) is 4.39 Å². The first-order valence-electron chi connectivity index (χ1n) is 6.48. The standard InChI is InChI=1S/C15H11BrFNO.CH3Cl/c16-13-6-11(17)7-14-12(13)8-15(9-18,19-14)10-4-2-1-3-5-10;1-2/h2,4-7H,1,3,8H2;1H3. The van der Waals surface area contributed by atoms with Gasteiger partial charge in [-0.3, -0.25) is 0 Å². The van der Waals surface area contributed by atoms with Crippen molar-refractivity contribution in [1.29, 1.82) is 5.26 Å². The number of hydrogen-bond donors (Lipinski definition) is 0. The van der Waals surface area contributed by atoms with E-state index in [1.807, 2.05) is 18.2 Å². The fourth-order valence-electron chi connectivity index (χ4n) is 2.52. The quantitative estimate of drug-likeness (QED) is 0.658. The molecule has 2 aliphatic rings. The van der Waals surface area contributed by atoms with Crippen LogP contribution in [0.1, 0.15) is 18.4 Å². The van der Waals surface area contributed by atoms with Crippen LogP contribution in [-0.4, -0.2) is 12.0 Å². The molecule has 0 spiro atoms. The SMILES string of the molecule is CCl.N#CC1(C2=CCCC=C2)Cc2c(Br)cc(F)cc2O1. The normalized spacial score (nSPS) is 22.3. The van der Waals surface area contributed by atoms with Crippen molar-refractivity contribution >= 4 is 27.5 Å². The minimum absolute atomic E-state index is 0.368. The van der Waals surface area contributed by atoms with E-state index in [0.717, 1.165) is 24.0 Å². The van der Waals surface area contributed by atoms with Gasteiger partial charge in [0.2, 0.25) is 5.60 Å². The molecule has 2 nitrogen and oxygen atoms in total. The van der Waals surface area contributed by atoms with Crippen LogP contribution in [0.4, 0.5) is 4.39 Å². The van der Waals surface area contributed by atoms with Crippen molar-refractivity contribution in [2.24, 2.45) is 0 Å². The average Bonchev–Trinajstić information content (AvgIpc) is 2.90. The molecule has 21 heavy (non-hydrogen) atoms. The number of fused-ring (bicyclic) bond motifs is 1. The van der Waals surface area contributed by atoms with Crippen molar-refractivity contribution in [2.45, 2.75) is 24.9 Å². The highest BCUT2D eigenvalue weighted by Gasteiger charge is 2.43. The van der Waals surface area contributed by atoms with Gasteiger partial charge in [0.1, 0.15) is 17.6 Å². The molecular weight excluding hydrogens is 357 g/mol. The molecule has 1 aromatic carbocycles. The van der Waals surface area contributed by atoms with E-state index >= 15 is 0 Å². The maximum absolute atomic E-state index is 13.4. The second-order valence-electron chi connectivity index (χ2n) is 4.72. The van der Waals surface area contributed by atoms with Crippen molar-refractivity contribution in [3.05, 3.63) is 51.8 Å². The zero-order valence-electron chi connectivity index (χ0n) is 11.5. The van der Waals surface area contributed by atoms with Crippen molar-refractivity contribution in [3.8, 4) is 11.8 Å². The van der Waals surface area contributed by atoms with Gasteiger partial charge in [0.25, 0.3) is 0 Å². The van der Waals surface area contributed by atoms with Crippen molar-refractivity contribution in [1.82, 2.24) is 0 Å². The Balaban J connectivity index is 0.000000774. The van der Waals surface area contributed by atoms with E-state index < -0.39 is 5.60 Å². The monoisotopic (exact) mass is 369 g/mol. The molecule has 110 valence electrons. The highest BCUT2D eigenvalue weighted by molar-refractivity contribution is 9.10. The number of nitrogens with zero attached hydrogens (tertiary/aromatic N) is 1. The summed E-state index contributed by atoms with van der Waals surface area (Å²) in [6.07, 6.45) is 9.80. The maximum Gasteiger partial charge on any atom is 0.223 e. The Kier molecular flexibility index (Phi) is 5.08. The van der Waals surface area contributed by atoms with Crippen LogP contribution in [0.5, 0.6) is 5.75 Å². The van der Waals surface area contributed by atoms with Crippen molar-refractivity contribution in [2.75, 3.05) is 6.38 Å². The maximum atomic E-state index is 13.4. The predicted molar refractivity (Wildman–Crippen MR) is 85.0 cm³/mol. The Bertz CT molecular complexity index is 650. The Morgan fingerprint density at radius 2 is 2.14 bits per heavy atom. The van der Waals surface area contributed by atoms with E-state index in [9.17, 15) is 9.65 Å². The Hall–Kier alpha value is -1.31. The lowest BCUT2D eigenvalue weighted by atomic mass is 9.87. The lowest BCUT2D eigenvalue weighted by molar-refractivity contribution is 0.199. The minimum Gasteiger partial charge on any atom is -0.467 e. The second-order valence-corrected chi connectivity index (χ2v) is 5.58. The number of benzene rings is 1. The zero-order valence-corrected chi connectivity index (χ0v) is 13.8. The molecule has 0 amide bonds. The molecule has 0 radical (unpaired) electrons. The minimum atomic E-state index is -1.02. The van der Waals surface area contributed by atoms with Gasteiger partial charge in [0.05, 0.1) is 0 Å². The van der Waals surface area contributed by atoms with Gasteiger partial charge in [0.15, 0.2) is 0 Å². The summed E-state index contributed by atoms with van der Waals surface area (Å²) in [4.78, 5) is 0. The third-order valence-corrected chi connectivity index (χ3v) is 4.18. The highest BCUT2D eigenvalue weighted by Crippen LogP contribution is 2.43. The van der Waals surface area contributed by atoms with E-state index in [0.29, 0.717) is 16.6 Å². The predicted octanol–water partition coefficient (Wildman–Crippen LogP) is 4.92. The summed E-state index contributed by atoms with van der Waals surface area (Å²) in [5.74, 6) is 0.0841. The Morgan fingerprint density at radius 1 is 1.38 bits per heavy atom. The Morgan fingerprint density at radius 3 is 2.76 bits per heavy atom. The van der Waals surface area contributed by atoms with Gasteiger partial charge in [0, 0.05) is 34.5 Å². The number of allylic oxidation sites excluding steroid dienone is 2. The van der Waals surface area contributed by atoms with Crippen LogP contribution < -0.4 is 4.74 Å². The summed E-state index contributed by atoms with van der Waals surface area (Å²) < 4.78 is 19.8. The first kappa shape index (κ1) is 16.1. The summed E-state index contributed by atoms with van der Waals surface area (Å²) in [6, 6.07) is 5.00. The molecule has 5 heteroatoms. The third-order valence-electron chi connectivity index (χ3n) is 3.47. The number of ether oxygens (including phenoxy) is 1. The molecule has 0 saturated carbocycles. The summed E-state index contributed by atoms with van der Waals surface area (Å²) in [7, 11) is 0. The number of rotatable bonds is 1. The first-order valence-corrected chi connectivity index (χ1v) is 8.03. The molecule has 0 aromatic heterocycles. The third kappa shape index (κ3) is 3.00. The van der Waals surface area contributed by atoms with Crippen LogP contribution in [0.15, 0.2) is 40.4 Å². The topological polar surface area (TPSA) is 33.0 Å². The first-order chi connectivity index (χ1) is 10.1. The lowest BCUT2D eigenvalue weighted by Gasteiger charge is -2.23. The molecule has 1 aliphatic carbocycles. The van der Waals surface area contributed by atoms with Gasteiger partial charge in [-0.1, -0.05) is 34.2 Å². The van der Waals surface area contributed by atoms with Gasteiger partial charge < -0.3 is 4.74 Å². The molecular formula is C16H14BrClFNO. The summed E-state index contributed by atoms with van der Waals surface area (Å²) in [6.45, 7) is 0.